The summed E-state index contributed by atoms with van der Waals surface area (Å²) in [5.74, 6) is 1.24. The van der Waals surface area contributed by atoms with Crippen LogP contribution >= 0.6 is 11.6 Å². The van der Waals surface area contributed by atoms with Crippen LogP contribution in [-0.2, 0) is 6.54 Å². The second-order valence-corrected chi connectivity index (χ2v) is 7.83. The number of nitrogens with one attached hydrogen (secondary N) is 2. The maximum Gasteiger partial charge on any atom is 0.137 e. The zero-order valence-electron chi connectivity index (χ0n) is 15.5. The fraction of sp³-hybridized carbons (Fsp3) is 0.381. The number of pyridine rings is 1. The SMILES string of the molecule is ClC1=CCN=c2c3c([nH]c2=C1[C@H]1CC[C@H](Oc2cccnc2)CC1)C=NNC3. The van der Waals surface area contributed by atoms with Gasteiger partial charge in [-0.2, -0.15) is 5.10 Å². The van der Waals surface area contributed by atoms with Crippen LogP contribution < -0.4 is 20.9 Å². The van der Waals surface area contributed by atoms with Crippen molar-refractivity contribution in [2.75, 3.05) is 6.54 Å². The third-order valence-electron chi connectivity index (χ3n) is 5.71. The van der Waals surface area contributed by atoms with Gasteiger partial charge in [0.25, 0.3) is 0 Å². The Morgan fingerprint density at radius 2 is 2.07 bits per heavy atom. The van der Waals surface area contributed by atoms with E-state index >= 15 is 0 Å². The number of hydrogen-bond acceptors (Lipinski definition) is 5. The van der Waals surface area contributed by atoms with E-state index in [0.29, 0.717) is 19.0 Å². The predicted octanol–water partition coefficient (Wildman–Crippen LogP) is 2.39. The van der Waals surface area contributed by atoms with Crippen molar-refractivity contribution in [2.45, 2.75) is 38.3 Å². The zero-order chi connectivity index (χ0) is 18.9. The molecule has 0 spiro atoms. The summed E-state index contributed by atoms with van der Waals surface area (Å²) in [6, 6.07) is 3.87. The molecule has 0 amide bonds. The van der Waals surface area contributed by atoms with Gasteiger partial charge in [0.15, 0.2) is 0 Å². The topological polar surface area (TPSA) is 74.7 Å². The fourth-order valence-electron chi connectivity index (χ4n) is 4.37. The van der Waals surface area contributed by atoms with Crippen molar-refractivity contribution in [1.29, 1.82) is 0 Å². The average molecular weight is 396 g/mol. The van der Waals surface area contributed by atoms with Crippen molar-refractivity contribution >= 4 is 23.4 Å². The third-order valence-corrected chi connectivity index (χ3v) is 6.07. The van der Waals surface area contributed by atoms with Gasteiger partial charge in [0.05, 0.1) is 48.0 Å². The summed E-state index contributed by atoms with van der Waals surface area (Å²) >= 11 is 6.73. The Morgan fingerprint density at radius 1 is 1.18 bits per heavy atom. The van der Waals surface area contributed by atoms with Gasteiger partial charge in [0, 0.05) is 16.8 Å². The average Bonchev–Trinajstić information content (AvgIpc) is 3.00. The normalized spacial score (nSPS) is 23.6. The van der Waals surface area contributed by atoms with Crippen LogP contribution in [0.2, 0.25) is 0 Å². The number of ether oxygens (including phenoxy) is 1. The van der Waals surface area contributed by atoms with Gasteiger partial charge in [-0.1, -0.05) is 11.6 Å². The molecule has 2 aliphatic heterocycles. The molecule has 2 N–H and O–H groups in total. The highest BCUT2D eigenvalue weighted by Crippen LogP contribution is 2.36. The first-order valence-electron chi connectivity index (χ1n) is 9.78. The van der Waals surface area contributed by atoms with E-state index in [1.807, 2.05) is 24.4 Å². The van der Waals surface area contributed by atoms with Crippen molar-refractivity contribution in [2.24, 2.45) is 16.0 Å². The molecule has 2 aromatic heterocycles. The first kappa shape index (κ1) is 17.5. The number of hydrogen-bond donors (Lipinski definition) is 2. The summed E-state index contributed by atoms with van der Waals surface area (Å²) in [5.41, 5.74) is 6.44. The molecule has 28 heavy (non-hydrogen) atoms. The molecule has 0 radical (unpaired) electrons. The molecule has 1 fully saturated rings. The molecule has 3 aliphatic rings. The number of hydrazone groups is 1. The van der Waals surface area contributed by atoms with Crippen LogP contribution in [0.15, 0.2) is 45.7 Å². The molecule has 0 atom stereocenters. The molecule has 2 aromatic rings. The van der Waals surface area contributed by atoms with Crippen LogP contribution in [0.25, 0.3) is 5.57 Å². The maximum absolute atomic E-state index is 6.73. The van der Waals surface area contributed by atoms with Crippen LogP contribution in [0.4, 0.5) is 0 Å². The summed E-state index contributed by atoms with van der Waals surface area (Å²) in [4.78, 5) is 12.4. The number of rotatable bonds is 3. The first-order chi connectivity index (χ1) is 13.8. The van der Waals surface area contributed by atoms with E-state index in [-0.39, 0.29) is 6.10 Å². The number of fused-ring (bicyclic) bond motifs is 3. The quantitative estimate of drug-likeness (QED) is 0.837. The van der Waals surface area contributed by atoms with Gasteiger partial charge in [0.1, 0.15) is 5.75 Å². The Balaban J connectivity index is 1.43. The minimum Gasteiger partial charge on any atom is -0.489 e. The minimum absolute atomic E-state index is 0.229. The fourth-order valence-corrected chi connectivity index (χ4v) is 4.68. The van der Waals surface area contributed by atoms with E-state index < -0.39 is 0 Å². The molecule has 144 valence electrons. The smallest absolute Gasteiger partial charge is 0.137 e. The Bertz CT molecular complexity index is 1050. The number of H-pyrrole nitrogens is 1. The number of halogens is 1. The van der Waals surface area contributed by atoms with Crippen molar-refractivity contribution in [1.82, 2.24) is 15.4 Å². The summed E-state index contributed by atoms with van der Waals surface area (Å²) < 4.78 is 6.11. The summed E-state index contributed by atoms with van der Waals surface area (Å²) in [6.07, 6.45) is 11.7. The van der Waals surface area contributed by atoms with Crippen LogP contribution in [0.5, 0.6) is 5.75 Å². The van der Waals surface area contributed by atoms with Gasteiger partial charge in [-0.25, -0.2) is 0 Å². The molecule has 1 saturated carbocycles. The van der Waals surface area contributed by atoms with Gasteiger partial charge in [-0.05, 0) is 55.4 Å². The van der Waals surface area contributed by atoms with Crippen LogP contribution in [0.3, 0.4) is 0 Å². The van der Waals surface area contributed by atoms with Crippen LogP contribution in [-0.4, -0.2) is 28.8 Å². The van der Waals surface area contributed by atoms with Crippen molar-refractivity contribution in [3.05, 3.63) is 57.6 Å². The summed E-state index contributed by atoms with van der Waals surface area (Å²) in [5, 5.41) is 7.08. The maximum atomic E-state index is 6.73. The highest BCUT2D eigenvalue weighted by atomic mass is 35.5. The lowest BCUT2D eigenvalue weighted by molar-refractivity contribution is 0.142. The van der Waals surface area contributed by atoms with E-state index in [2.05, 4.69) is 20.5 Å². The molecule has 5 rings (SSSR count). The minimum atomic E-state index is 0.229. The predicted molar refractivity (Wildman–Crippen MR) is 109 cm³/mol. The lowest BCUT2D eigenvalue weighted by atomic mass is 9.82. The molecule has 7 heteroatoms. The lowest BCUT2D eigenvalue weighted by Crippen LogP contribution is -2.33. The molecular formula is C21H22ClN5O. The first-order valence-corrected chi connectivity index (χ1v) is 10.2. The second kappa shape index (κ2) is 7.43. The molecular weight excluding hydrogens is 374 g/mol. The monoisotopic (exact) mass is 395 g/mol. The van der Waals surface area contributed by atoms with E-state index in [9.17, 15) is 0 Å². The summed E-state index contributed by atoms with van der Waals surface area (Å²) in [7, 11) is 0. The number of nitrogens with zero attached hydrogens (tertiary/aromatic N) is 3. The molecule has 0 aromatic carbocycles. The molecule has 4 heterocycles. The number of aromatic nitrogens is 2. The molecule has 0 saturated heterocycles. The lowest BCUT2D eigenvalue weighted by Gasteiger charge is -2.30. The Labute approximate surface area is 168 Å². The number of aromatic amines is 1. The van der Waals surface area contributed by atoms with E-state index in [4.69, 9.17) is 21.3 Å². The standard InChI is InChI=1S/C21H22ClN5O/c22-17-7-9-24-20-16-11-25-26-12-18(16)27-21(20)19(17)13-3-5-14(6-4-13)28-15-2-1-8-23-10-15/h1-2,7-8,10,12-14,25,27H,3-6,9,11H2/t13-,14-. The van der Waals surface area contributed by atoms with Gasteiger partial charge >= 0.3 is 0 Å². The largest absolute Gasteiger partial charge is 0.489 e. The Kier molecular flexibility index (Phi) is 4.64. The van der Waals surface area contributed by atoms with E-state index in [0.717, 1.165) is 52.9 Å². The van der Waals surface area contributed by atoms with Crippen molar-refractivity contribution in [3.63, 3.8) is 0 Å². The van der Waals surface area contributed by atoms with Gasteiger partial charge in [0.2, 0.25) is 0 Å². The van der Waals surface area contributed by atoms with Crippen LogP contribution in [0, 0.1) is 5.92 Å². The molecule has 1 aliphatic carbocycles. The number of allylic oxidation sites excluding steroid dienone is 1. The summed E-state index contributed by atoms with van der Waals surface area (Å²) in [6.45, 7) is 1.30. The van der Waals surface area contributed by atoms with E-state index in [1.54, 1.807) is 12.4 Å². The van der Waals surface area contributed by atoms with Gasteiger partial charge in [-0.15, -0.1) is 0 Å². The van der Waals surface area contributed by atoms with Crippen molar-refractivity contribution < 1.29 is 4.74 Å². The molecule has 0 unspecified atom stereocenters. The molecule has 0 bridgehead atoms. The third kappa shape index (κ3) is 3.22. The van der Waals surface area contributed by atoms with Gasteiger partial charge in [-0.3, -0.25) is 9.98 Å². The second-order valence-electron chi connectivity index (χ2n) is 7.42. The van der Waals surface area contributed by atoms with Crippen molar-refractivity contribution in [3.8, 4) is 5.75 Å². The zero-order valence-corrected chi connectivity index (χ0v) is 16.2. The Hall–Kier alpha value is -2.60. The van der Waals surface area contributed by atoms with Gasteiger partial charge < -0.3 is 15.1 Å². The van der Waals surface area contributed by atoms with Crippen LogP contribution in [0.1, 0.15) is 36.9 Å². The van der Waals surface area contributed by atoms with E-state index in [1.165, 1.54) is 11.1 Å². The highest BCUT2D eigenvalue weighted by molar-refractivity contribution is 6.35. The molecule has 6 nitrogen and oxygen atoms in total. The Morgan fingerprint density at radius 3 is 2.89 bits per heavy atom. The highest BCUT2D eigenvalue weighted by Gasteiger charge is 2.28.